The molecule has 0 saturated carbocycles. The molecule has 4 atom stereocenters. The van der Waals surface area contributed by atoms with E-state index in [4.69, 9.17) is 16.3 Å². The third kappa shape index (κ3) is 4.84. The van der Waals surface area contributed by atoms with Crippen LogP contribution in [0.25, 0.3) is 0 Å². The molecule has 6 heteroatoms. The lowest BCUT2D eigenvalue weighted by molar-refractivity contribution is 0.0936. The minimum atomic E-state index is -0.0798. The van der Waals surface area contributed by atoms with Crippen molar-refractivity contribution in [1.29, 1.82) is 0 Å². The Labute approximate surface area is 179 Å². The van der Waals surface area contributed by atoms with Gasteiger partial charge in [0.2, 0.25) is 0 Å². The number of ether oxygens (including phenoxy) is 1. The lowest BCUT2D eigenvalue weighted by Gasteiger charge is -2.36. The quantitative estimate of drug-likeness (QED) is 0.698. The molecule has 1 fully saturated rings. The Hall–Kier alpha value is -1.85. The molecular formula is C23H32ClN3O2. The predicted octanol–water partition coefficient (Wildman–Crippen LogP) is 4.37. The molecule has 1 aromatic heterocycles. The van der Waals surface area contributed by atoms with E-state index in [0.717, 1.165) is 37.4 Å². The van der Waals surface area contributed by atoms with Crippen LogP contribution in [0.4, 0.5) is 0 Å². The summed E-state index contributed by atoms with van der Waals surface area (Å²) < 4.78 is 5.52. The van der Waals surface area contributed by atoms with Gasteiger partial charge in [-0.2, -0.15) is 0 Å². The first-order valence-electron chi connectivity index (χ1n) is 10.5. The summed E-state index contributed by atoms with van der Waals surface area (Å²) in [6, 6.07) is 3.94. The molecule has 5 nitrogen and oxygen atoms in total. The average molecular weight is 418 g/mol. The van der Waals surface area contributed by atoms with E-state index in [1.807, 2.05) is 6.92 Å². The van der Waals surface area contributed by atoms with E-state index in [1.54, 1.807) is 19.2 Å². The summed E-state index contributed by atoms with van der Waals surface area (Å²) in [5.74, 6) is 1.79. The smallest absolute Gasteiger partial charge is 0.251 e. The Balaban J connectivity index is 1.67. The molecular weight excluding hydrogens is 386 g/mol. The molecule has 2 aliphatic rings. The van der Waals surface area contributed by atoms with Crippen LogP contribution in [0.15, 0.2) is 35.6 Å². The molecule has 1 aliphatic carbocycles. The summed E-state index contributed by atoms with van der Waals surface area (Å²) in [7, 11) is 1.75. The number of nitrogens with one attached hydrogen (secondary N) is 1. The van der Waals surface area contributed by atoms with E-state index < -0.39 is 0 Å². The van der Waals surface area contributed by atoms with Crippen molar-refractivity contribution in [3.05, 3.63) is 52.0 Å². The highest BCUT2D eigenvalue weighted by atomic mass is 35.5. The van der Waals surface area contributed by atoms with Gasteiger partial charge >= 0.3 is 0 Å². The van der Waals surface area contributed by atoms with Crippen LogP contribution in [0.2, 0.25) is 5.15 Å². The number of hydrogen-bond donors (Lipinski definition) is 1. The third-order valence-corrected chi connectivity index (χ3v) is 6.55. The number of carbonyl (C=O) groups excluding carboxylic acids is 1. The van der Waals surface area contributed by atoms with Gasteiger partial charge in [-0.25, -0.2) is 4.98 Å². The first-order chi connectivity index (χ1) is 13.8. The van der Waals surface area contributed by atoms with Crippen LogP contribution in [0.3, 0.4) is 0 Å². The number of aromatic nitrogens is 1. The van der Waals surface area contributed by atoms with E-state index in [9.17, 15) is 4.79 Å². The van der Waals surface area contributed by atoms with Crippen LogP contribution in [0, 0.1) is 18.8 Å². The fourth-order valence-corrected chi connectivity index (χ4v) is 4.86. The lowest BCUT2D eigenvalue weighted by atomic mass is 9.79. The second kappa shape index (κ2) is 9.31. The van der Waals surface area contributed by atoms with Gasteiger partial charge in [0.1, 0.15) is 5.15 Å². The van der Waals surface area contributed by atoms with Crippen LogP contribution in [-0.2, 0) is 4.74 Å². The molecule has 1 aromatic rings. The SMILES string of the molecule is CCC(C1=CC=C(OC)C(C)C1C)N1CC[C@@H](NC(=O)c2cc(C)nc(Cl)c2)C1. The molecule has 1 aliphatic heterocycles. The Morgan fingerprint density at radius 2 is 2.10 bits per heavy atom. The van der Waals surface area contributed by atoms with Crippen molar-refractivity contribution in [3.63, 3.8) is 0 Å². The number of hydrogen-bond acceptors (Lipinski definition) is 4. The van der Waals surface area contributed by atoms with Crippen molar-refractivity contribution in [3.8, 4) is 0 Å². The normalized spacial score (nSPS) is 25.9. The van der Waals surface area contributed by atoms with E-state index in [2.05, 4.69) is 48.1 Å². The molecule has 3 rings (SSSR count). The van der Waals surface area contributed by atoms with Crippen molar-refractivity contribution >= 4 is 17.5 Å². The number of amides is 1. The first kappa shape index (κ1) is 21.8. The van der Waals surface area contributed by atoms with Gasteiger partial charge in [0, 0.05) is 42.3 Å². The molecule has 158 valence electrons. The zero-order chi connectivity index (χ0) is 21.1. The van der Waals surface area contributed by atoms with E-state index >= 15 is 0 Å². The molecule has 29 heavy (non-hydrogen) atoms. The summed E-state index contributed by atoms with van der Waals surface area (Å²) in [5.41, 5.74) is 2.78. The zero-order valence-corrected chi connectivity index (χ0v) is 18.8. The molecule has 1 saturated heterocycles. The van der Waals surface area contributed by atoms with Gasteiger partial charge in [0.05, 0.1) is 12.9 Å². The maximum absolute atomic E-state index is 12.7. The number of pyridine rings is 1. The zero-order valence-electron chi connectivity index (χ0n) is 18.0. The van der Waals surface area contributed by atoms with Crippen molar-refractivity contribution in [2.75, 3.05) is 20.2 Å². The Bertz CT molecular complexity index is 800. The molecule has 0 spiro atoms. The fourth-order valence-electron chi connectivity index (χ4n) is 4.61. The molecule has 0 aromatic carbocycles. The summed E-state index contributed by atoms with van der Waals surface area (Å²) in [4.78, 5) is 19.3. The topological polar surface area (TPSA) is 54.5 Å². The highest BCUT2D eigenvalue weighted by molar-refractivity contribution is 6.29. The third-order valence-electron chi connectivity index (χ3n) is 6.35. The number of halogens is 1. The molecule has 2 heterocycles. The summed E-state index contributed by atoms with van der Waals surface area (Å²) in [6.45, 7) is 10.5. The summed E-state index contributed by atoms with van der Waals surface area (Å²) >= 11 is 6.01. The number of methoxy groups -OCH3 is 1. The fraction of sp³-hybridized carbons (Fsp3) is 0.565. The average Bonchev–Trinajstić information content (AvgIpc) is 3.13. The van der Waals surface area contributed by atoms with Gasteiger partial charge < -0.3 is 10.1 Å². The van der Waals surface area contributed by atoms with Crippen LogP contribution in [0.5, 0.6) is 0 Å². The Morgan fingerprint density at radius 1 is 1.34 bits per heavy atom. The number of likely N-dealkylation sites (tertiary alicyclic amines) is 1. The Morgan fingerprint density at radius 3 is 2.76 bits per heavy atom. The second-order valence-electron chi connectivity index (χ2n) is 8.22. The van der Waals surface area contributed by atoms with Crippen molar-refractivity contribution in [2.24, 2.45) is 11.8 Å². The monoisotopic (exact) mass is 417 g/mol. The standard InChI is InChI=1S/C23H32ClN3O2/c1-6-20(19-7-8-21(29-5)16(4)15(19)3)27-10-9-18(13-27)26-23(28)17-11-14(2)25-22(24)12-17/h7-8,11-12,15-16,18,20H,6,9-10,13H2,1-5H3,(H,26,28)/t15?,16?,18-,20?/m1/s1. The molecule has 1 N–H and O–H groups in total. The number of allylic oxidation sites excluding steroid dienone is 3. The maximum atomic E-state index is 12.7. The van der Waals surface area contributed by atoms with Crippen LogP contribution in [-0.4, -0.2) is 48.1 Å². The van der Waals surface area contributed by atoms with Gasteiger partial charge in [-0.3, -0.25) is 9.69 Å². The minimum absolute atomic E-state index is 0.0798. The first-order valence-corrected chi connectivity index (χ1v) is 10.9. The van der Waals surface area contributed by atoms with Crippen molar-refractivity contribution in [2.45, 2.75) is 52.6 Å². The number of aryl methyl sites for hydroxylation is 1. The summed E-state index contributed by atoms with van der Waals surface area (Å²) in [5, 5.41) is 3.53. The lowest BCUT2D eigenvalue weighted by Crippen LogP contribution is -2.42. The van der Waals surface area contributed by atoms with Crippen LogP contribution in [0.1, 0.15) is 49.7 Å². The minimum Gasteiger partial charge on any atom is -0.501 e. The van der Waals surface area contributed by atoms with Gasteiger partial charge in [-0.1, -0.05) is 38.4 Å². The van der Waals surface area contributed by atoms with Crippen molar-refractivity contribution < 1.29 is 9.53 Å². The number of rotatable bonds is 6. The number of nitrogens with zero attached hydrogens (tertiary/aromatic N) is 2. The van der Waals surface area contributed by atoms with E-state index in [-0.39, 0.29) is 11.9 Å². The van der Waals surface area contributed by atoms with E-state index in [0.29, 0.717) is 28.6 Å². The van der Waals surface area contributed by atoms with Crippen LogP contribution >= 0.6 is 11.6 Å². The largest absolute Gasteiger partial charge is 0.501 e. The van der Waals surface area contributed by atoms with E-state index in [1.165, 1.54) is 5.57 Å². The van der Waals surface area contributed by atoms with Gasteiger partial charge in [-0.05, 0) is 49.5 Å². The molecule has 1 amide bonds. The van der Waals surface area contributed by atoms with Crippen molar-refractivity contribution in [1.82, 2.24) is 15.2 Å². The van der Waals surface area contributed by atoms with Gasteiger partial charge in [0.15, 0.2) is 0 Å². The predicted molar refractivity (Wildman–Crippen MR) is 117 cm³/mol. The van der Waals surface area contributed by atoms with Crippen LogP contribution < -0.4 is 5.32 Å². The second-order valence-corrected chi connectivity index (χ2v) is 8.60. The number of carbonyl (C=O) groups is 1. The molecule has 0 radical (unpaired) electrons. The highest BCUT2D eigenvalue weighted by Gasteiger charge is 2.34. The Kier molecular flexibility index (Phi) is 7.01. The molecule has 0 bridgehead atoms. The van der Waals surface area contributed by atoms with Gasteiger partial charge in [0.25, 0.3) is 5.91 Å². The molecule has 3 unspecified atom stereocenters. The maximum Gasteiger partial charge on any atom is 0.251 e. The summed E-state index contributed by atoms with van der Waals surface area (Å²) in [6.07, 6.45) is 6.37. The highest BCUT2D eigenvalue weighted by Crippen LogP contribution is 2.36. The van der Waals surface area contributed by atoms with Gasteiger partial charge in [-0.15, -0.1) is 0 Å².